The molecule has 4 heteroatoms. The highest BCUT2D eigenvalue weighted by Gasteiger charge is 2.18. The summed E-state index contributed by atoms with van der Waals surface area (Å²) in [7, 11) is 0. The van der Waals surface area contributed by atoms with E-state index in [9.17, 15) is 4.79 Å². The minimum absolute atomic E-state index is 0.0608. The molecule has 3 rings (SSSR count). The highest BCUT2D eigenvalue weighted by Crippen LogP contribution is 2.18. The molecule has 0 saturated carbocycles. The molecule has 98 valence electrons. The van der Waals surface area contributed by atoms with Gasteiger partial charge in [-0.2, -0.15) is 0 Å². The molecule has 0 spiro atoms. The largest absolute Gasteiger partial charge is 0.482 e. The second kappa shape index (κ2) is 5.26. The molecule has 1 aromatic heterocycles. The molecule has 0 bridgehead atoms. The van der Waals surface area contributed by atoms with Gasteiger partial charge in [0.2, 0.25) is 0 Å². The number of hydrogen-bond acceptors (Lipinski definition) is 3. The lowest BCUT2D eigenvalue weighted by molar-refractivity contribution is -0.132. The van der Waals surface area contributed by atoms with Crippen molar-refractivity contribution in [3.05, 3.63) is 36.5 Å². The molecule has 1 fully saturated rings. The summed E-state index contributed by atoms with van der Waals surface area (Å²) in [5, 5.41) is 1.02. The van der Waals surface area contributed by atoms with Gasteiger partial charge in [0.1, 0.15) is 5.75 Å². The summed E-state index contributed by atoms with van der Waals surface area (Å²) in [4.78, 5) is 18.0. The topological polar surface area (TPSA) is 42.4 Å². The summed E-state index contributed by atoms with van der Waals surface area (Å²) in [5.41, 5.74) is 0.931. The van der Waals surface area contributed by atoms with Crippen LogP contribution in [0.3, 0.4) is 0 Å². The van der Waals surface area contributed by atoms with E-state index in [1.165, 1.54) is 0 Å². The van der Waals surface area contributed by atoms with Crippen molar-refractivity contribution in [1.82, 2.24) is 9.88 Å². The molecule has 2 heterocycles. The lowest BCUT2D eigenvalue weighted by Crippen LogP contribution is -2.32. The van der Waals surface area contributed by atoms with Crippen molar-refractivity contribution in [1.29, 1.82) is 0 Å². The zero-order valence-corrected chi connectivity index (χ0v) is 10.7. The molecule has 4 nitrogen and oxygen atoms in total. The fourth-order valence-electron chi connectivity index (χ4n) is 2.33. The lowest BCUT2D eigenvalue weighted by atomic mass is 10.2. The van der Waals surface area contributed by atoms with E-state index in [-0.39, 0.29) is 12.5 Å². The third-order valence-corrected chi connectivity index (χ3v) is 3.39. The number of carbonyl (C=O) groups is 1. The monoisotopic (exact) mass is 256 g/mol. The number of rotatable bonds is 3. The second-order valence-corrected chi connectivity index (χ2v) is 4.74. The Morgan fingerprint density at radius 2 is 2.05 bits per heavy atom. The molecular weight excluding hydrogens is 240 g/mol. The predicted octanol–water partition coefficient (Wildman–Crippen LogP) is 2.24. The molecule has 0 aliphatic carbocycles. The first-order valence-electron chi connectivity index (χ1n) is 6.58. The number of fused-ring (bicyclic) bond motifs is 1. The number of pyridine rings is 1. The molecule has 19 heavy (non-hydrogen) atoms. The van der Waals surface area contributed by atoms with Crippen LogP contribution in [0, 0.1) is 0 Å². The van der Waals surface area contributed by atoms with Gasteiger partial charge in [-0.3, -0.25) is 9.78 Å². The summed E-state index contributed by atoms with van der Waals surface area (Å²) >= 11 is 0. The van der Waals surface area contributed by atoms with Crippen LogP contribution >= 0.6 is 0 Å². The van der Waals surface area contributed by atoms with E-state index >= 15 is 0 Å². The average molecular weight is 256 g/mol. The molecule has 0 N–H and O–H groups in total. The van der Waals surface area contributed by atoms with Crippen LogP contribution in [0.25, 0.3) is 10.9 Å². The molecule has 1 aromatic carbocycles. The summed E-state index contributed by atoms with van der Waals surface area (Å²) in [6, 6.07) is 9.77. The Hall–Kier alpha value is -2.10. The fourth-order valence-corrected chi connectivity index (χ4v) is 2.33. The van der Waals surface area contributed by atoms with Gasteiger partial charge in [-0.1, -0.05) is 18.2 Å². The fraction of sp³-hybridized carbons (Fsp3) is 0.333. The number of ether oxygens (including phenoxy) is 1. The molecule has 1 aliphatic rings. The van der Waals surface area contributed by atoms with Crippen LogP contribution in [0.5, 0.6) is 5.75 Å². The highest BCUT2D eigenvalue weighted by atomic mass is 16.5. The number of para-hydroxylation sites is 1. The van der Waals surface area contributed by atoms with Crippen molar-refractivity contribution >= 4 is 16.8 Å². The SMILES string of the molecule is O=C(COc1cnc2ccccc2c1)N1CCCC1. The Bertz CT molecular complexity index is 591. The summed E-state index contributed by atoms with van der Waals surface area (Å²) in [6.45, 7) is 1.82. The minimum Gasteiger partial charge on any atom is -0.482 e. The molecule has 1 aliphatic heterocycles. The van der Waals surface area contributed by atoms with Crippen LogP contribution in [0.4, 0.5) is 0 Å². The Morgan fingerprint density at radius 3 is 2.89 bits per heavy atom. The van der Waals surface area contributed by atoms with Crippen LogP contribution in [-0.4, -0.2) is 35.5 Å². The summed E-state index contributed by atoms with van der Waals surface area (Å²) < 4.78 is 5.53. The molecule has 0 atom stereocenters. The van der Waals surface area contributed by atoms with Gasteiger partial charge < -0.3 is 9.64 Å². The highest BCUT2D eigenvalue weighted by molar-refractivity contribution is 5.80. The van der Waals surface area contributed by atoms with Gasteiger partial charge in [0.25, 0.3) is 5.91 Å². The number of hydrogen-bond donors (Lipinski definition) is 0. The minimum atomic E-state index is 0.0608. The van der Waals surface area contributed by atoms with Gasteiger partial charge in [0, 0.05) is 18.5 Å². The van der Waals surface area contributed by atoms with Gasteiger partial charge in [-0.15, -0.1) is 0 Å². The first kappa shape index (κ1) is 12.0. The van der Waals surface area contributed by atoms with E-state index in [0.717, 1.165) is 36.8 Å². The summed E-state index contributed by atoms with van der Waals surface area (Å²) in [5.74, 6) is 0.705. The van der Waals surface area contributed by atoms with Crippen LogP contribution < -0.4 is 4.74 Å². The number of benzene rings is 1. The maximum absolute atomic E-state index is 11.9. The number of aromatic nitrogens is 1. The van der Waals surface area contributed by atoms with E-state index in [4.69, 9.17) is 4.74 Å². The van der Waals surface area contributed by atoms with Gasteiger partial charge in [0.15, 0.2) is 6.61 Å². The van der Waals surface area contributed by atoms with Gasteiger partial charge in [0.05, 0.1) is 11.7 Å². The van der Waals surface area contributed by atoms with Crippen LogP contribution in [0.2, 0.25) is 0 Å². The molecule has 0 radical (unpaired) electrons. The first-order valence-corrected chi connectivity index (χ1v) is 6.58. The maximum atomic E-state index is 11.9. The number of amides is 1. The van der Waals surface area contributed by atoms with Gasteiger partial charge >= 0.3 is 0 Å². The van der Waals surface area contributed by atoms with Gasteiger partial charge in [-0.05, 0) is 25.0 Å². The van der Waals surface area contributed by atoms with E-state index in [1.807, 2.05) is 35.2 Å². The van der Waals surface area contributed by atoms with Crippen molar-refractivity contribution < 1.29 is 9.53 Å². The zero-order chi connectivity index (χ0) is 13.1. The van der Waals surface area contributed by atoms with Crippen molar-refractivity contribution in [3.63, 3.8) is 0 Å². The summed E-state index contributed by atoms with van der Waals surface area (Å²) in [6.07, 6.45) is 3.87. The smallest absolute Gasteiger partial charge is 0.260 e. The average Bonchev–Trinajstić information content (AvgIpc) is 2.99. The molecule has 1 amide bonds. The molecular formula is C15H16N2O2. The van der Waals surface area contributed by atoms with Crippen LogP contribution in [-0.2, 0) is 4.79 Å². The first-order chi connectivity index (χ1) is 9.33. The van der Waals surface area contributed by atoms with Crippen molar-refractivity contribution in [3.8, 4) is 5.75 Å². The normalized spacial score (nSPS) is 14.8. The maximum Gasteiger partial charge on any atom is 0.260 e. The van der Waals surface area contributed by atoms with Crippen LogP contribution in [0.1, 0.15) is 12.8 Å². The second-order valence-electron chi connectivity index (χ2n) is 4.74. The Labute approximate surface area is 112 Å². The molecule has 2 aromatic rings. The van der Waals surface area contributed by atoms with Crippen LogP contribution in [0.15, 0.2) is 36.5 Å². The van der Waals surface area contributed by atoms with E-state index in [1.54, 1.807) is 6.20 Å². The number of carbonyl (C=O) groups excluding carboxylic acids is 1. The van der Waals surface area contributed by atoms with E-state index in [0.29, 0.717) is 5.75 Å². The third kappa shape index (κ3) is 2.67. The Morgan fingerprint density at radius 1 is 1.26 bits per heavy atom. The lowest BCUT2D eigenvalue weighted by Gasteiger charge is -2.15. The van der Waals surface area contributed by atoms with E-state index in [2.05, 4.69) is 4.98 Å². The predicted molar refractivity (Wildman–Crippen MR) is 73.1 cm³/mol. The standard InChI is InChI=1S/C15H16N2O2/c18-15(17-7-3-4-8-17)11-19-13-9-12-5-1-2-6-14(12)16-10-13/h1-2,5-6,9-10H,3-4,7-8,11H2. The van der Waals surface area contributed by atoms with E-state index < -0.39 is 0 Å². The van der Waals surface area contributed by atoms with Gasteiger partial charge in [-0.25, -0.2) is 0 Å². The number of likely N-dealkylation sites (tertiary alicyclic amines) is 1. The quantitative estimate of drug-likeness (QED) is 0.845. The Balaban J connectivity index is 1.66. The molecule has 0 unspecified atom stereocenters. The van der Waals surface area contributed by atoms with Crippen molar-refractivity contribution in [2.75, 3.05) is 19.7 Å². The number of nitrogens with zero attached hydrogens (tertiary/aromatic N) is 2. The molecule has 1 saturated heterocycles. The Kier molecular flexibility index (Phi) is 3.31. The zero-order valence-electron chi connectivity index (χ0n) is 10.7. The van der Waals surface area contributed by atoms with Crippen molar-refractivity contribution in [2.45, 2.75) is 12.8 Å². The third-order valence-electron chi connectivity index (χ3n) is 3.39. The van der Waals surface area contributed by atoms with Crippen molar-refractivity contribution in [2.24, 2.45) is 0 Å².